The normalized spacial score (nSPS) is 22.8. The number of carbonyl (C=O) groups is 1. The second kappa shape index (κ2) is 5.79. The number of terminal acetylenes is 1. The zero-order chi connectivity index (χ0) is 13.8. The van der Waals surface area contributed by atoms with Crippen LogP contribution in [0, 0.1) is 25.2 Å². The Morgan fingerprint density at radius 3 is 2.74 bits per heavy atom. The third-order valence-corrected chi connectivity index (χ3v) is 3.83. The molecule has 3 heteroatoms. The van der Waals surface area contributed by atoms with Crippen molar-refractivity contribution >= 4 is 6.09 Å². The van der Waals surface area contributed by atoms with E-state index >= 15 is 0 Å². The molecule has 0 bridgehead atoms. The number of piperidine rings is 1. The van der Waals surface area contributed by atoms with Crippen molar-refractivity contribution in [3.63, 3.8) is 0 Å². The predicted octanol–water partition coefficient (Wildman–Crippen LogP) is 3.45. The molecule has 1 aliphatic rings. The molecule has 2 rings (SSSR count). The molecule has 1 heterocycles. The Hall–Kier alpha value is -1.95. The third-order valence-electron chi connectivity index (χ3n) is 3.83. The molecule has 0 aliphatic carbocycles. The molecule has 1 aromatic rings. The Labute approximate surface area is 114 Å². The lowest BCUT2D eigenvalue weighted by atomic mass is 9.85. The van der Waals surface area contributed by atoms with Gasteiger partial charge in [-0.25, -0.2) is 4.79 Å². The van der Waals surface area contributed by atoms with Crippen molar-refractivity contribution in [2.45, 2.75) is 32.2 Å². The van der Waals surface area contributed by atoms with Crippen LogP contribution in [0.1, 0.15) is 36.4 Å². The van der Waals surface area contributed by atoms with Gasteiger partial charge in [-0.1, -0.05) is 29.8 Å². The van der Waals surface area contributed by atoms with Crippen LogP contribution < -0.4 is 0 Å². The molecule has 1 aromatic carbocycles. The fraction of sp³-hybridized carbons (Fsp3) is 0.438. The molecule has 0 spiro atoms. The molecular weight excluding hydrogens is 238 g/mol. The highest BCUT2D eigenvalue weighted by molar-refractivity contribution is 5.66. The van der Waals surface area contributed by atoms with E-state index in [0.29, 0.717) is 12.5 Å². The van der Waals surface area contributed by atoms with E-state index in [1.165, 1.54) is 10.5 Å². The second-order valence-electron chi connectivity index (χ2n) is 5.20. The van der Waals surface area contributed by atoms with Crippen LogP contribution >= 0.6 is 0 Å². The van der Waals surface area contributed by atoms with Gasteiger partial charge in [-0.15, -0.1) is 12.3 Å². The predicted molar refractivity (Wildman–Crippen MR) is 74.8 cm³/mol. The molecule has 1 aliphatic heterocycles. The maximum absolute atomic E-state index is 11.4. The molecule has 0 aromatic heterocycles. The van der Waals surface area contributed by atoms with Gasteiger partial charge in [0.25, 0.3) is 0 Å². The summed E-state index contributed by atoms with van der Waals surface area (Å²) in [6, 6.07) is 8.04. The van der Waals surface area contributed by atoms with Gasteiger partial charge in [-0.3, -0.25) is 0 Å². The minimum Gasteiger partial charge on any atom is -0.465 e. The number of amides is 1. The largest absolute Gasteiger partial charge is 0.465 e. The van der Waals surface area contributed by atoms with E-state index in [9.17, 15) is 9.90 Å². The molecular formula is C16H19NO2. The summed E-state index contributed by atoms with van der Waals surface area (Å²) in [5.41, 5.74) is 2.25. The SMILES string of the molecule is C#CCC1CCN(C(=O)O)C(c2ccc(C)cc2)C1. The first-order valence-corrected chi connectivity index (χ1v) is 6.61. The number of carboxylic acid groups (broad SMARTS) is 1. The summed E-state index contributed by atoms with van der Waals surface area (Å²) < 4.78 is 0. The summed E-state index contributed by atoms with van der Waals surface area (Å²) in [7, 11) is 0. The molecule has 1 amide bonds. The standard InChI is InChI=1S/C16H19NO2/c1-3-4-13-9-10-17(16(18)19)15(11-13)14-7-5-12(2)6-8-14/h1,5-8,13,15H,4,9-11H2,2H3,(H,18,19). The van der Waals surface area contributed by atoms with Gasteiger partial charge >= 0.3 is 6.09 Å². The summed E-state index contributed by atoms with van der Waals surface area (Å²) >= 11 is 0. The van der Waals surface area contributed by atoms with E-state index in [2.05, 4.69) is 5.92 Å². The lowest BCUT2D eigenvalue weighted by Gasteiger charge is -2.37. The van der Waals surface area contributed by atoms with Crippen molar-refractivity contribution in [1.29, 1.82) is 0 Å². The Morgan fingerprint density at radius 1 is 1.47 bits per heavy atom. The van der Waals surface area contributed by atoms with E-state index in [4.69, 9.17) is 6.42 Å². The zero-order valence-electron chi connectivity index (χ0n) is 11.2. The number of aryl methyl sites for hydroxylation is 1. The van der Waals surface area contributed by atoms with Crippen molar-refractivity contribution in [3.05, 3.63) is 35.4 Å². The number of nitrogens with zero attached hydrogens (tertiary/aromatic N) is 1. The van der Waals surface area contributed by atoms with Gasteiger partial charge in [0, 0.05) is 13.0 Å². The monoisotopic (exact) mass is 257 g/mol. The van der Waals surface area contributed by atoms with E-state index in [1.54, 1.807) is 0 Å². The Balaban J connectivity index is 2.22. The Kier molecular flexibility index (Phi) is 4.11. The molecule has 1 N–H and O–H groups in total. The van der Waals surface area contributed by atoms with Gasteiger partial charge < -0.3 is 10.0 Å². The highest BCUT2D eigenvalue weighted by Crippen LogP contribution is 2.35. The molecule has 19 heavy (non-hydrogen) atoms. The van der Waals surface area contributed by atoms with E-state index in [1.807, 2.05) is 31.2 Å². The van der Waals surface area contributed by atoms with E-state index < -0.39 is 6.09 Å². The summed E-state index contributed by atoms with van der Waals surface area (Å²) in [4.78, 5) is 12.9. The van der Waals surface area contributed by atoms with Crippen molar-refractivity contribution in [2.75, 3.05) is 6.54 Å². The van der Waals surface area contributed by atoms with Gasteiger partial charge in [0.15, 0.2) is 0 Å². The number of hydrogen-bond donors (Lipinski definition) is 1. The minimum atomic E-state index is -0.843. The molecule has 0 saturated carbocycles. The summed E-state index contributed by atoms with van der Waals surface area (Å²) in [5, 5.41) is 9.33. The number of hydrogen-bond acceptors (Lipinski definition) is 1. The summed E-state index contributed by atoms with van der Waals surface area (Å²) in [5.74, 6) is 3.12. The van der Waals surface area contributed by atoms with Crippen LogP contribution in [-0.2, 0) is 0 Å². The first-order chi connectivity index (χ1) is 9.11. The molecule has 2 unspecified atom stereocenters. The Morgan fingerprint density at radius 2 is 2.16 bits per heavy atom. The van der Waals surface area contributed by atoms with E-state index in [0.717, 1.165) is 24.8 Å². The fourth-order valence-electron chi connectivity index (χ4n) is 2.72. The molecule has 3 nitrogen and oxygen atoms in total. The van der Waals surface area contributed by atoms with Crippen LogP contribution in [0.2, 0.25) is 0 Å². The minimum absolute atomic E-state index is 0.0646. The first-order valence-electron chi connectivity index (χ1n) is 6.61. The second-order valence-corrected chi connectivity index (χ2v) is 5.20. The fourth-order valence-corrected chi connectivity index (χ4v) is 2.72. The average molecular weight is 257 g/mol. The van der Waals surface area contributed by atoms with Gasteiger partial charge in [-0.05, 0) is 31.2 Å². The van der Waals surface area contributed by atoms with Crippen LogP contribution in [0.15, 0.2) is 24.3 Å². The van der Waals surface area contributed by atoms with Gasteiger partial charge in [0.2, 0.25) is 0 Å². The van der Waals surface area contributed by atoms with Crippen molar-refractivity contribution < 1.29 is 9.90 Å². The van der Waals surface area contributed by atoms with Crippen molar-refractivity contribution in [2.24, 2.45) is 5.92 Å². The van der Waals surface area contributed by atoms with Gasteiger partial charge in [-0.2, -0.15) is 0 Å². The van der Waals surface area contributed by atoms with Gasteiger partial charge in [0.05, 0.1) is 6.04 Å². The third kappa shape index (κ3) is 3.08. The number of rotatable bonds is 2. The van der Waals surface area contributed by atoms with E-state index in [-0.39, 0.29) is 6.04 Å². The Bertz CT molecular complexity index is 486. The summed E-state index contributed by atoms with van der Waals surface area (Å²) in [6.45, 7) is 2.60. The number of likely N-dealkylation sites (tertiary alicyclic amines) is 1. The van der Waals surface area contributed by atoms with Gasteiger partial charge in [0.1, 0.15) is 0 Å². The molecule has 2 atom stereocenters. The average Bonchev–Trinajstić information content (AvgIpc) is 2.39. The highest BCUT2D eigenvalue weighted by Gasteiger charge is 2.32. The van der Waals surface area contributed by atoms with Crippen LogP contribution in [0.25, 0.3) is 0 Å². The van der Waals surface area contributed by atoms with Crippen LogP contribution in [0.5, 0.6) is 0 Å². The number of benzene rings is 1. The lowest BCUT2D eigenvalue weighted by Crippen LogP contribution is -2.40. The van der Waals surface area contributed by atoms with Crippen LogP contribution in [0.4, 0.5) is 4.79 Å². The topological polar surface area (TPSA) is 40.5 Å². The maximum atomic E-state index is 11.4. The summed E-state index contributed by atoms with van der Waals surface area (Å²) in [6.07, 6.45) is 6.95. The quantitative estimate of drug-likeness (QED) is 0.824. The molecule has 1 saturated heterocycles. The molecule has 1 fully saturated rings. The first kappa shape index (κ1) is 13.5. The van der Waals surface area contributed by atoms with Crippen LogP contribution in [0.3, 0.4) is 0 Å². The van der Waals surface area contributed by atoms with Crippen molar-refractivity contribution in [3.8, 4) is 12.3 Å². The highest BCUT2D eigenvalue weighted by atomic mass is 16.4. The van der Waals surface area contributed by atoms with Crippen molar-refractivity contribution in [1.82, 2.24) is 4.90 Å². The molecule has 0 radical (unpaired) electrons. The zero-order valence-corrected chi connectivity index (χ0v) is 11.2. The van der Waals surface area contributed by atoms with Crippen LogP contribution in [-0.4, -0.2) is 22.6 Å². The maximum Gasteiger partial charge on any atom is 0.407 e. The smallest absolute Gasteiger partial charge is 0.407 e. The lowest BCUT2D eigenvalue weighted by molar-refractivity contribution is 0.0903. The molecule has 100 valence electrons.